The Morgan fingerprint density at radius 3 is 2.88 bits per heavy atom. The predicted molar refractivity (Wildman–Crippen MR) is 59.8 cm³/mol. The zero-order valence-electron chi connectivity index (χ0n) is 8.59. The van der Waals surface area contributed by atoms with Gasteiger partial charge in [0.2, 0.25) is 0 Å². The minimum absolute atomic E-state index is 0.0256. The minimum Gasteiger partial charge on any atom is -0.366 e. The van der Waals surface area contributed by atoms with Crippen molar-refractivity contribution in [2.75, 3.05) is 0 Å². The molecule has 0 fully saturated rings. The molecule has 0 saturated carbocycles. The maximum absolute atomic E-state index is 11.7. The molecule has 3 nitrogen and oxygen atoms in total. The van der Waals surface area contributed by atoms with Crippen molar-refractivity contribution in [3.05, 3.63) is 59.7 Å². The summed E-state index contributed by atoms with van der Waals surface area (Å²) in [5.41, 5.74) is 4.45. The SMILES string of the molecule is O=C1ONC2C=CC=CC2c2ccccc21. The molecule has 1 aliphatic heterocycles. The molecule has 1 aliphatic carbocycles. The van der Waals surface area contributed by atoms with E-state index in [9.17, 15) is 4.79 Å². The van der Waals surface area contributed by atoms with E-state index in [2.05, 4.69) is 11.6 Å². The monoisotopic (exact) mass is 213 g/mol. The average Bonchev–Trinajstić information content (AvgIpc) is 2.49. The van der Waals surface area contributed by atoms with E-state index in [1.807, 2.05) is 36.4 Å². The largest absolute Gasteiger partial charge is 0.366 e. The van der Waals surface area contributed by atoms with Crippen molar-refractivity contribution in [3.63, 3.8) is 0 Å². The fraction of sp³-hybridized carbons (Fsp3) is 0.154. The molecule has 1 aromatic rings. The van der Waals surface area contributed by atoms with Crippen molar-refractivity contribution in [1.82, 2.24) is 5.48 Å². The van der Waals surface area contributed by atoms with Gasteiger partial charge in [0.1, 0.15) is 0 Å². The molecular weight excluding hydrogens is 202 g/mol. The molecule has 2 atom stereocenters. The highest BCUT2D eigenvalue weighted by Gasteiger charge is 2.29. The second-order valence-corrected chi connectivity index (χ2v) is 3.92. The van der Waals surface area contributed by atoms with Crippen LogP contribution in [0.25, 0.3) is 0 Å². The molecule has 3 rings (SSSR count). The zero-order valence-corrected chi connectivity index (χ0v) is 8.59. The number of hydrogen-bond donors (Lipinski definition) is 1. The summed E-state index contributed by atoms with van der Waals surface area (Å²) in [5.74, 6) is -0.153. The van der Waals surface area contributed by atoms with Crippen LogP contribution in [-0.2, 0) is 4.84 Å². The molecule has 0 spiro atoms. The van der Waals surface area contributed by atoms with Gasteiger partial charge in [0.25, 0.3) is 0 Å². The summed E-state index contributed by atoms with van der Waals surface area (Å²) in [5, 5.41) is 0. The van der Waals surface area contributed by atoms with Crippen LogP contribution in [-0.4, -0.2) is 12.0 Å². The number of benzene rings is 1. The lowest BCUT2D eigenvalue weighted by molar-refractivity contribution is 0.0212. The number of hydroxylamine groups is 1. The molecular formula is C13H11NO2. The molecule has 3 heteroatoms. The lowest BCUT2D eigenvalue weighted by Gasteiger charge is -2.21. The topological polar surface area (TPSA) is 38.3 Å². The molecule has 2 unspecified atom stereocenters. The van der Waals surface area contributed by atoms with Gasteiger partial charge in [-0.25, -0.2) is 4.79 Å². The van der Waals surface area contributed by atoms with Crippen LogP contribution < -0.4 is 5.48 Å². The lowest BCUT2D eigenvalue weighted by Crippen LogP contribution is -2.32. The quantitative estimate of drug-likeness (QED) is 0.715. The number of carbonyl (C=O) groups is 1. The van der Waals surface area contributed by atoms with Crippen LogP contribution in [0.5, 0.6) is 0 Å². The van der Waals surface area contributed by atoms with Gasteiger partial charge in [-0.2, -0.15) is 0 Å². The Labute approximate surface area is 93.4 Å². The van der Waals surface area contributed by atoms with Crippen LogP contribution in [0.1, 0.15) is 21.8 Å². The summed E-state index contributed by atoms with van der Waals surface area (Å²) in [6.07, 6.45) is 8.03. The van der Waals surface area contributed by atoms with Crippen molar-refractivity contribution in [2.45, 2.75) is 12.0 Å². The Morgan fingerprint density at radius 1 is 1.12 bits per heavy atom. The molecule has 80 valence electrons. The van der Waals surface area contributed by atoms with Crippen LogP contribution in [0.3, 0.4) is 0 Å². The molecule has 16 heavy (non-hydrogen) atoms. The van der Waals surface area contributed by atoms with Crippen molar-refractivity contribution in [2.24, 2.45) is 0 Å². The van der Waals surface area contributed by atoms with E-state index in [1.54, 1.807) is 6.07 Å². The highest BCUT2D eigenvalue weighted by molar-refractivity contribution is 5.91. The van der Waals surface area contributed by atoms with Crippen LogP contribution in [0.4, 0.5) is 0 Å². The van der Waals surface area contributed by atoms with Crippen molar-refractivity contribution in [1.29, 1.82) is 0 Å². The molecule has 1 aromatic carbocycles. The third kappa shape index (κ3) is 1.37. The summed E-state index contributed by atoms with van der Waals surface area (Å²) in [4.78, 5) is 16.7. The number of allylic oxidation sites excluding steroid dienone is 2. The van der Waals surface area contributed by atoms with Gasteiger partial charge in [-0.3, -0.25) is 0 Å². The van der Waals surface area contributed by atoms with Gasteiger partial charge in [-0.05, 0) is 11.6 Å². The number of rotatable bonds is 0. The number of hydrogen-bond acceptors (Lipinski definition) is 3. The molecule has 0 bridgehead atoms. The number of carbonyl (C=O) groups excluding carboxylic acids is 1. The average molecular weight is 213 g/mol. The fourth-order valence-corrected chi connectivity index (χ4v) is 2.17. The predicted octanol–water partition coefficient (Wildman–Crippen LogP) is 1.94. The molecule has 0 amide bonds. The van der Waals surface area contributed by atoms with Gasteiger partial charge in [-0.1, -0.05) is 42.5 Å². The van der Waals surface area contributed by atoms with Crippen LogP contribution in [0.2, 0.25) is 0 Å². The first-order valence-electron chi connectivity index (χ1n) is 5.27. The molecule has 1 heterocycles. The van der Waals surface area contributed by atoms with Crippen LogP contribution >= 0.6 is 0 Å². The first kappa shape index (κ1) is 9.36. The van der Waals surface area contributed by atoms with E-state index in [1.165, 1.54) is 0 Å². The first-order chi connectivity index (χ1) is 7.86. The van der Waals surface area contributed by atoms with E-state index < -0.39 is 0 Å². The second-order valence-electron chi connectivity index (χ2n) is 3.92. The Kier molecular flexibility index (Phi) is 2.11. The highest BCUT2D eigenvalue weighted by Crippen LogP contribution is 2.30. The molecule has 0 saturated heterocycles. The summed E-state index contributed by atoms with van der Waals surface area (Å²) in [7, 11) is 0. The number of fused-ring (bicyclic) bond motifs is 3. The van der Waals surface area contributed by atoms with E-state index in [0.717, 1.165) is 5.56 Å². The second kappa shape index (κ2) is 3.61. The van der Waals surface area contributed by atoms with E-state index in [0.29, 0.717) is 5.56 Å². The Morgan fingerprint density at radius 2 is 1.94 bits per heavy atom. The van der Waals surface area contributed by atoms with Gasteiger partial charge in [0, 0.05) is 5.92 Å². The van der Waals surface area contributed by atoms with Gasteiger partial charge >= 0.3 is 5.97 Å². The van der Waals surface area contributed by atoms with Gasteiger partial charge in [0.05, 0.1) is 11.6 Å². The molecule has 1 N–H and O–H groups in total. The Bertz CT molecular complexity index is 490. The van der Waals surface area contributed by atoms with Crippen molar-refractivity contribution >= 4 is 5.97 Å². The molecule has 2 aliphatic rings. The number of nitrogens with one attached hydrogen (secondary N) is 1. The van der Waals surface area contributed by atoms with E-state index in [4.69, 9.17) is 4.84 Å². The third-order valence-electron chi connectivity index (χ3n) is 2.96. The fourth-order valence-electron chi connectivity index (χ4n) is 2.17. The smallest absolute Gasteiger partial charge is 0.357 e. The molecule has 0 radical (unpaired) electrons. The zero-order chi connectivity index (χ0) is 11.0. The summed E-state index contributed by atoms with van der Waals surface area (Å²) < 4.78 is 0. The van der Waals surface area contributed by atoms with Crippen LogP contribution in [0.15, 0.2) is 48.6 Å². The highest BCUT2D eigenvalue weighted by atomic mass is 16.7. The lowest BCUT2D eigenvalue weighted by atomic mass is 9.86. The first-order valence-corrected chi connectivity index (χ1v) is 5.27. The standard InChI is InChI=1S/C13H11NO2/c15-13-11-7-2-1-5-9(11)10-6-3-4-8-12(10)14-16-13/h1-8,10,12,14H. The molecule has 0 aromatic heterocycles. The minimum atomic E-state index is -0.313. The third-order valence-corrected chi connectivity index (χ3v) is 2.96. The summed E-state index contributed by atoms with van der Waals surface area (Å²) in [6.45, 7) is 0. The van der Waals surface area contributed by atoms with Gasteiger partial charge < -0.3 is 4.84 Å². The maximum atomic E-state index is 11.7. The van der Waals surface area contributed by atoms with Crippen LogP contribution in [0, 0.1) is 0 Å². The van der Waals surface area contributed by atoms with Gasteiger partial charge in [0.15, 0.2) is 0 Å². The van der Waals surface area contributed by atoms with Crippen molar-refractivity contribution < 1.29 is 9.63 Å². The Balaban J connectivity index is 2.15. The summed E-state index contributed by atoms with van der Waals surface area (Å²) in [6, 6.07) is 7.60. The van der Waals surface area contributed by atoms with E-state index >= 15 is 0 Å². The van der Waals surface area contributed by atoms with Gasteiger partial charge in [-0.15, -0.1) is 5.48 Å². The normalized spacial score (nSPS) is 26.6. The summed E-state index contributed by atoms with van der Waals surface area (Å²) >= 11 is 0. The maximum Gasteiger partial charge on any atom is 0.357 e. The van der Waals surface area contributed by atoms with E-state index in [-0.39, 0.29) is 17.9 Å². The van der Waals surface area contributed by atoms with Crippen molar-refractivity contribution in [3.8, 4) is 0 Å². The Hall–Kier alpha value is -1.87.